The van der Waals surface area contributed by atoms with Crippen molar-refractivity contribution in [3.63, 3.8) is 0 Å². The van der Waals surface area contributed by atoms with Gasteiger partial charge in [0.2, 0.25) is 0 Å². The van der Waals surface area contributed by atoms with Gasteiger partial charge in [-0.3, -0.25) is 0 Å². The quantitative estimate of drug-likeness (QED) is 0.776. The summed E-state index contributed by atoms with van der Waals surface area (Å²) in [4.78, 5) is 0. The molecule has 15 heavy (non-hydrogen) atoms. The van der Waals surface area contributed by atoms with E-state index in [1.165, 1.54) is 36.9 Å². The van der Waals surface area contributed by atoms with Crippen molar-refractivity contribution < 1.29 is 0 Å². The predicted molar refractivity (Wildman–Crippen MR) is 64.9 cm³/mol. The normalized spacial score (nSPS) is 26.5. The first kappa shape index (κ1) is 10.7. The molecule has 1 aliphatic heterocycles. The Hall–Kier alpha value is -0.820. The number of aryl methyl sites for hydroxylation is 1. The van der Waals surface area contributed by atoms with Gasteiger partial charge in [-0.25, -0.2) is 0 Å². The SMILES string of the molecule is CCC1CCNC(c2ccc(C)cc2)C1. The summed E-state index contributed by atoms with van der Waals surface area (Å²) < 4.78 is 0. The van der Waals surface area contributed by atoms with E-state index < -0.39 is 0 Å². The minimum absolute atomic E-state index is 0.587. The summed E-state index contributed by atoms with van der Waals surface area (Å²) in [7, 11) is 0. The van der Waals surface area contributed by atoms with E-state index in [2.05, 4.69) is 43.4 Å². The van der Waals surface area contributed by atoms with Gasteiger partial charge in [-0.05, 0) is 37.8 Å². The van der Waals surface area contributed by atoms with Crippen LogP contribution in [0.2, 0.25) is 0 Å². The molecule has 1 saturated heterocycles. The van der Waals surface area contributed by atoms with E-state index in [0.717, 1.165) is 5.92 Å². The zero-order valence-electron chi connectivity index (χ0n) is 9.79. The van der Waals surface area contributed by atoms with Crippen LogP contribution in [0.4, 0.5) is 0 Å². The van der Waals surface area contributed by atoms with Gasteiger partial charge in [0.25, 0.3) is 0 Å². The highest BCUT2D eigenvalue weighted by molar-refractivity contribution is 5.24. The lowest BCUT2D eigenvalue weighted by Gasteiger charge is -2.30. The third-order valence-electron chi connectivity index (χ3n) is 3.57. The molecule has 0 amide bonds. The molecule has 1 aromatic carbocycles. The van der Waals surface area contributed by atoms with Gasteiger partial charge in [-0.2, -0.15) is 0 Å². The zero-order valence-corrected chi connectivity index (χ0v) is 9.79. The Balaban J connectivity index is 2.06. The lowest BCUT2D eigenvalue weighted by atomic mass is 9.87. The van der Waals surface area contributed by atoms with E-state index >= 15 is 0 Å². The number of hydrogen-bond donors (Lipinski definition) is 1. The van der Waals surface area contributed by atoms with Crippen LogP contribution in [0, 0.1) is 12.8 Å². The number of nitrogens with one attached hydrogen (secondary N) is 1. The maximum absolute atomic E-state index is 3.62. The molecule has 0 bridgehead atoms. The van der Waals surface area contributed by atoms with Crippen LogP contribution in [0.5, 0.6) is 0 Å². The van der Waals surface area contributed by atoms with Crippen LogP contribution in [-0.4, -0.2) is 6.54 Å². The fourth-order valence-electron chi connectivity index (χ4n) is 2.42. The molecule has 1 aromatic rings. The number of benzene rings is 1. The van der Waals surface area contributed by atoms with Gasteiger partial charge >= 0.3 is 0 Å². The van der Waals surface area contributed by atoms with Crippen LogP contribution in [0.3, 0.4) is 0 Å². The van der Waals surface area contributed by atoms with Gasteiger partial charge in [0, 0.05) is 6.04 Å². The minimum atomic E-state index is 0.587. The van der Waals surface area contributed by atoms with Crippen LogP contribution in [0.25, 0.3) is 0 Å². The fraction of sp³-hybridized carbons (Fsp3) is 0.571. The highest BCUT2D eigenvalue weighted by Crippen LogP contribution is 2.28. The molecule has 1 aliphatic rings. The molecular weight excluding hydrogens is 182 g/mol. The van der Waals surface area contributed by atoms with E-state index in [9.17, 15) is 0 Å². The van der Waals surface area contributed by atoms with Crippen molar-refractivity contribution in [3.05, 3.63) is 35.4 Å². The molecule has 1 N–H and O–H groups in total. The molecule has 0 spiro atoms. The van der Waals surface area contributed by atoms with E-state index in [-0.39, 0.29) is 0 Å². The van der Waals surface area contributed by atoms with Gasteiger partial charge in [0.15, 0.2) is 0 Å². The summed E-state index contributed by atoms with van der Waals surface area (Å²) >= 11 is 0. The standard InChI is InChI=1S/C14H21N/c1-3-12-8-9-15-14(10-12)13-6-4-11(2)5-7-13/h4-7,12,14-15H,3,8-10H2,1-2H3. The van der Waals surface area contributed by atoms with Crippen LogP contribution in [0.15, 0.2) is 24.3 Å². The monoisotopic (exact) mass is 203 g/mol. The van der Waals surface area contributed by atoms with E-state index in [0.29, 0.717) is 6.04 Å². The summed E-state index contributed by atoms with van der Waals surface area (Å²) in [6.45, 7) is 5.63. The highest BCUT2D eigenvalue weighted by Gasteiger charge is 2.20. The number of rotatable bonds is 2. The Morgan fingerprint density at radius 3 is 2.67 bits per heavy atom. The molecule has 2 unspecified atom stereocenters. The second-order valence-corrected chi connectivity index (χ2v) is 4.72. The van der Waals surface area contributed by atoms with Crippen molar-refractivity contribution in [1.82, 2.24) is 5.32 Å². The van der Waals surface area contributed by atoms with Crippen molar-refractivity contribution in [3.8, 4) is 0 Å². The molecule has 1 fully saturated rings. The Morgan fingerprint density at radius 1 is 1.27 bits per heavy atom. The first-order chi connectivity index (χ1) is 7.29. The van der Waals surface area contributed by atoms with Gasteiger partial charge in [-0.15, -0.1) is 0 Å². The third-order valence-corrected chi connectivity index (χ3v) is 3.57. The van der Waals surface area contributed by atoms with E-state index in [1.807, 2.05) is 0 Å². The van der Waals surface area contributed by atoms with Gasteiger partial charge in [-0.1, -0.05) is 43.2 Å². The van der Waals surface area contributed by atoms with Crippen molar-refractivity contribution in [2.24, 2.45) is 5.92 Å². The molecule has 1 heterocycles. The van der Waals surface area contributed by atoms with Gasteiger partial charge in [0.1, 0.15) is 0 Å². The molecule has 0 aliphatic carbocycles. The lowest BCUT2D eigenvalue weighted by molar-refractivity contribution is 0.299. The second-order valence-electron chi connectivity index (χ2n) is 4.72. The van der Waals surface area contributed by atoms with Crippen LogP contribution in [-0.2, 0) is 0 Å². The molecule has 0 aromatic heterocycles. The Morgan fingerprint density at radius 2 is 2.00 bits per heavy atom. The Bertz CT molecular complexity index is 302. The molecule has 0 saturated carbocycles. The number of piperidine rings is 1. The fourth-order valence-corrected chi connectivity index (χ4v) is 2.42. The smallest absolute Gasteiger partial charge is 0.0322 e. The topological polar surface area (TPSA) is 12.0 Å². The van der Waals surface area contributed by atoms with Crippen molar-refractivity contribution >= 4 is 0 Å². The minimum Gasteiger partial charge on any atom is -0.310 e. The van der Waals surface area contributed by atoms with Crippen molar-refractivity contribution in [2.75, 3.05) is 6.54 Å². The largest absolute Gasteiger partial charge is 0.310 e. The summed E-state index contributed by atoms with van der Waals surface area (Å²) in [5, 5.41) is 3.62. The van der Waals surface area contributed by atoms with Crippen LogP contribution >= 0.6 is 0 Å². The zero-order chi connectivity index (χ0) is 10.7. The Kier molecular flexibility index (Phi) is 3.42. The number of hydrogen-bond acceptors (Lipinski definition) is 1. The van der Waals surface area contributed by atoms with Crippen LogP contribution in [0.1, 0.15) is 43.4 Å². The predicted octanol–water partition coefficient (Wildman–Crippen LogP) is 3.45. The lowest BCUT2D eigenvalue weighted by Crippen LogP contribution is -2.31. The first-order valence-electron chi connectivity index (χ1n) is 6.09. The maximum Gasteiger partial charge on any atom is 0.0322 e. The molecule has 2 atom stereocenters. The molecule has 0 radical (unpaired) electrons. The summed E-state index contributed by atoms with van der Waals surface area (Å²) in [6, 6.07) is 9.55. The summed E-state index contributed by atoms with van der Waals surface area (Å²) in [5.74, 6) is 0.914. The molecular formula is C14H21N. The van der Waals surface area contributed by atoms with Gasteiger partial charge in [0.05, 0.1) is 0 Å². The van der Waals surface area contributed by atoms with Gasteiger partial charge < -0.3 is 5.32 Å². The average molecular weight is 203 g/mol. The molecule has 82 valence electrons. The highest BCUT2D eigenvalue weighted by atomic mass is 14.9. The summed E-state index contributed by atoms with van der Waals surface area (Å²) in [6.07, 6.45) is 3.97. The second kappa shape index (κ2) is 4.80. The molecule has 1 nitrogen and oxygen atoms in total. The third kappa shape index (κ3) is 2.60. The van der Waals surface area contributed by atoms with Crippen LogP contribution < -0.4 is 5.32 Å². The molecule has 2 rings (SSSR count). The average Bonchev–Trinajstić information content (AvgIpc) is 2.30. The van der Waals surface area contributed by atoms with Crippen molar-refractivity contribution in [2.45, 2.75) is 39.2 Å². The molecule has 1 heteroatoms. The van der Waals surface area contributed by atoms with E-state index in [1.54, 1.807) is 0 Å². The summed E-state index contributed by atoms with van der Waals surface area (Å²) in [5.41, 5.74) is 2.81. The first-order valence-corrected chi connectivity index (χ1v) is 6.09. The Labute approximate surface area is 92.9 Å². The maximum atomic E-state index is 3.62. The van der Waals surface area contributed by atoms with Crippen molar-refractivity contribution in [1.29, 1.82) is 0 Å². The van der Waals surface area contributed by atoms with E-state index in [4.69, 9.17) is 0 Å².